The standard InChI is InChI=1S/C16H13ClFN5O2/c17-10-1-6-13(16-20-22-23-21-16)14(9-10)19-15(24)7-8-25-12-4-2-11(18)3-5-12/h1-6,9H,7-8H2,(H,19,24)(H,20,21,22,23). The van der Waals surface area contributed by atoms with E-state index in [9.17, 15) is 9.18 Å². The van der Waals surface area contributed by atoms with Gasteiger partial charge in [0.1, 0.15) is 11.6 Å². The van der Waals surface area contributed by atoms with Gasteiger partial charge in [0.05, 0.1) is 18.7 Å². The van der Waals surface area contributed by atoms with Gasteiger partial charge in [0.25, 0.3) is 0 Å². The second-order valence-corrected chi connectivity index (χ2v) is 5.46. The highest BCUT2D eigenvalue weighted by Gasteiger charge is 2.13. The van der Waals surface area contributed by atoms with Crippen molar-refractivity contribution >= 4 is 23.2 Å². The molecule has 2 N–H and O–H groups in total. The first-order chi connectivity index (χ1) is 12.1. The number of nitrogens with zero attached hydrogens (tertiary/aromatic N) is 3. The molecule has 0 atom stereocenters. The number of hydrogen-bond donors (Lipinski definition) is 2. The van der Waals surface area contributed by atoms with Crippen LogP contribution in [0.3, 0.4) is 0 Å². The topological polar surface area (TPSA) is 92.8 Å². The number of nitrogens with one attached hydrogen (secondary N) is 2. The van der Waals surface area contributed by atoms with Crippen LogP contribution in [0.25, 0.3) is 11.4 Å². The third-order valence-electron chi connectivity index (χ3n) is 3.25. The fraction of sp³-hybridized carbons (Fsp3) is 0.125. The van der Waals surface area contributed by atoms with Gasteiger partial charge in [-0.1, -0.05) is 11.6 Å². The average Bonchev–Trinajstić information content (AvgIpc) is 3.11. The molecule has 0 bridgehead atoms. The summed E-state index contributed by atoms with van der Waals surface area (Å²) in [5.41, 5.74) is 1.06. The van der Waals surface area contributed by atoms with Crippen molar-refractivity contribution in [3.63, 3.8) is 0 Å². The van der Waals surface area contributed by atoms with E-state index in [1.165, 1.54) is 24.3 Å². The zero-order valence-corrected chi connectivity index (χ0v) is 13.6. The van der Waals surface area contributed by atoms with Crippen molar-refractivity contribution in [1.29, 1.82) is 0 Å². The molecule has 0 aliphatic carbocycles. The average molecular weight is 362 g/mol. The van der Waals surface area contributed by atoms with Crippen molar-refractivity contribution in [3.05, 3.63) is 53.3 Å². The van der Waals surface area contributed by atoms with Gasteiger partial charge in [0.2, 0.25) is 11.7 Å². The molecular formula is C16H13ClFN5O2. The predicted molar refractivity (Wildman–Crippen MR) is 89.8 cm³/mol. The maximum atomic E-state index is 12.8. The summed E-state index contributed by atoms with van der Waals surface area (Å²) in [5.74, 6) is 0.216. The number of H-pyrrole nitrogens is 1. The summed E-state index contributed by atoms with van der Waals surface area (Å²) in [5, 5.41) is 16.9. The van der Waals surface area contributed by atoms with E-state index in [4.69, 9.17) is 16.3 Å². The smallest absolute Gasteiger partial charge is 0.227 e. The van der Waals surface area contributed by atoms with Gasteiger partial charge in [0.15, 0.2) is 0 Å². The normalized spacial score (nSPS) is 10.5. The maximum absolute atomic E-state index is 12.8. The van der Waals surface area contributed by atoms with E-state index < -0.39 is 0 Å². The molecule has 9 heteroatoms. The summed E-state index contributed by atoms with van der Waals surface area (Å²) >= 11 is 5.99. The Morgan fingerprint density at radius 2 is 2.04 bits per heavy atom. The summed E-state index contributed by atoms with van der Waals surface area (Å²) < 4.78 is 18.2. The van der Waals surface area contributed by atoms with Crippen LogP contribution in [0.2, 0.25) is 5.02 Å². The summed E-state index contributed by atoms with van der Waals surface area (Å²) in [6.07, 6.45) is 0.107. The fourth-order valence-corrected chi connectivity index (χ4v) is 2.27. The molecule has 0 aliphatic rings. The number of anilines is 1. The van der Waals surface area contributed by atoms with Crippen molar-refractivity contribution < 1.29 is 13.9 Å². The molecule has 0 spiro atoms. The number of carbonyl (C=O) groups excluding carboxylic acids is 1. The first kappa shape index (κ1) is 16.8. The molecule has 0 aliphatic heterocycles. The molecule has 1 amide bonds. The molecule has 0 fully saturated rings. The number of halogens is 2. The zero-order valence-electron chi connectivity index (χ0n) is 12.9. The third-order valence-corrected chi connectivity index (χ3v) is 3.49. The van der Waals surface area contributed by atoms with Crippen LogP contribution in [0.5, 0.6) is 5.75 Å². The number of ether oxygens (including phenoxy) is 1. The molecule has 1 heterocycles. The lowest BCUT2D eigenvalue weighted by Gasteiger charge is -2.10. The number of hydrogen-bond acceptors (Lipinski definition) is 5. The van der Waals surface area contributed by atoms with Crippen LogP contribution in [0, 0.1) is 5.82 Å². The molecule has 0 saturated heterocycles. The molecule has 0 saturated carbocycles. The Morgan fingerprint density at radius 3 is 2.76 bits per heavy atom. The summed E-state index contributed by atoms with van der Waals surface area (Å²) in [6.45, 7) is 0.148. The molecule has 3 rings (SSSR count). The van der Waals surface area contributed by atoms with Gasteiger partial charge in [-0.05, 0) is 47.7 Å². The van der Waals surface area contributed by atoms with Crippen LogP contribution in [0.1, 0.15) is 6.42 Å². The van der Waals surface area contributed by atoms with Gasteiger partial charge >= 0.3 is 0 Å². The van der Waals surface area contributed by atoms with Crippen molar-refractivity contribution in [3.8, 4) is 17.1 Å². The van der Waals surface area contributed by atoms with Gasteiger partial charge in [-0.15, -0.1) is 10.2 Å². The monoisotopic (exact) mass is 361 g/mol. The van der Waals surface area contributed by atoms with E-state index >= 15 is 0 Å². The Morgan fingerprint density at radius 1 is 1.24 bits per heavy atom. The van der Waals surface area contributed by atoms with E-state index in [1.54, 1.807) is 18.2 Å². The van der Waals surface area contributed by atoms with Crippen LogP contribution < -0.4 is 10.1 Å². The molecule has 25 heavy (non-hydrogen) atoms. The number of carbonyl (C=O) groups is 1. The first-order valence-electron chi connectivity index (χ1n) is 7.33. The van der Waals surface area contributed by atoms with Crippen LogP contribution in [0.4, 0.5) is 10.1 Å². The van der Waals surface area contributed by atoms with E-state index in [2.05, 4.69) is 25.9 Å². The number of tetrazole rings is 1. The van der Waals surface area contributed by atoms with Gasteiger partial charge in [0, 0.05) is 10.6 Å². The lowest BCUT2D eigenvalue weighted by molar-refractivity contribution is -0.116. The zero-order chi connectivity index (χ0) is 17.6. The van der Waals surface area contributed by atoms with E-state index in [0.717, 1.165) is 0 Å². The van der Waals surface area contributed by atoms with Crippen molar-refractivity contribution in [2.24, 2.45) is 0 Å². The Balaban J connectivity index is 1.61. The molecule has 0 unspecified atom stereocenters. The van der Waals surface area contributed by atoms with E-state index in [0.29, 0.717) is 27.8 Å². The number of aromatic nitrogens is 4. The second kappa shape index (κ2) is 7.71. The molecule has 128 valence electrons. The minimum atomic E-state index is -0.347. The highest BCUT2D eigenvalue weighted by molar-refractivity contribution is 6.31. The number of rotatable bonds is 6. The van der Waals surface area contributed by atoms with Crippen LogP contribution in [-0.2, 0) is 4.79 Å². The van der Waals surface area contributed by atoms with Crippen molar-refractivity contribution in [2.75, 3.05) is 11.9 Å². The van der Waals surface area contributed by atoms with Crippen molar-refractivity contribution in [1.82, 2.24) is 20.6 Å². The van der Waals surface area contributed by atoms with Gasteiger partial charge in [-0.3, -0.25) is 4.79 Å². The molecular weight excluding hydrogens is 349 g/mol. The van der Waals surface area contributed by atoms with E-state index in [-0.39, 0.29) is 24.8 Å². The summed E-state index contributed by atoms with van der Waals surface area (Å²) in [7, 11) is 0. The Bertz CT molecular complexity index is 855. The van der Waals surface area contributed by atoms with E-state index in [1.807, 2.05) is 0 Å². The lowest BCUT2D eigenvalue weighted by atomic mass is 10.1. The van der Waals surface area contributed by atoms with Crippen LogP contribution in [0.15, 0.2) is 42.5 Å². The van der Waals surface area contributed by atoms with Gasteiger partial charge < -0.3 is 10.1 Å². The van der Waals surface area contributed by atoms with Gasteiger partial charge in [-0.25, -0.2) is 4.39 Å². The SMILES string of the molecule is O=C(CCOc1ccc(F)cc1)Nc1cc(Cl)ccc1-c1nn[nH]n1. The largest absolute Gasteiger partial charge is 0.493 e. The van der Waals surface area contributed by atoms with Crippen LogP contribution >= 0.6 is 11.6 Å². The van der Waals surface area contributed by atoms with Crippen LogP contribution in [-0.4, -0.2) is 33.1 Å². The second-order valence-electron chi connectivity index (χ2n) is 5.03. The third kappa shape index (κ3) is 4.51. The highest BCUT2D eigenvalue weighted by atomic mass is 35.5. The number of benzene rings is 2. The minimum Gasteiger partial charge on any atom is -0.493 e. The Kier molecular flexibility index (Phi) is 5.20. The lowest BCUT2D eigenvalue weighted by Crippen LogP contribution is -2.16. The Labute approximate surface area is 147 Å². The molecule has 7 nitrogen and oxygen atoms in total. The minimum absolute atomic E-state index is 0.107. The Hall–Kier alpha value is -3.00. The van der Waals surface area contributed by atoms with Crippen molar-refractivity contribution in [2.45, 2.75) is 6.42 Å². The summed E-state index contributed by atoms with van der Waals surface area (Å²) in [4.78, 5) is 12.1. The molecule has 1 aromatic heterocycles. The first-order valence-corrected chi connectivity index (χ1v) is 7.71. The molecule has 0 radical (unpaired) electrons. The predicted octanol–water partition coefficient (Wildman–Crippen LogP) is 3.07. The highest BCUT2D eigenvalue weighted by Crippen LogP contribution is 2.28. The number of amides is 1. The fourth-order valence-electron chi connectivity index (χ4n) is 2.10. The number of aromatic amines is 1. The molecule has 3 aromatic rings. The quantitative estimate of drug-likeness (QED) is 0.703. The maximum Gasteiger partial charge on any atom is 0.227 e. The molecule has 2 aromatic carbocycles. The summed E-state index contributed by atoms with van der Waals surface area (Å²) in [6, 6.07) is 10.5. The van der Waals surface area contributed by atoms with Gasteiger partial charge in [-0.2, -0.15) is 5.21 Å².